The molecule has 1 fully saturated rings. The third-order valence-electron chi connectivity index (χ3n) is 2.74. The number of rotatable bonds is 0. The highest BCUT2D eigenvalue weighted by Crippen LogP contribution is 2.30. The van der Waals surface area contributed by atoms with Crippen LogP contribution in [0.25, 0.3) is 0 Å². The summed E-state index contributed by atoms with van der Waals surface area (Å²) in [5, 5.41) is 0. The van der Waals surface area contributed by atoms with Crippen molar-refractivity contribution in [3.8, 4) is 0 Å². The zero-order valence-electron chi connectivity index (χ0n) is 7.67. The Labute approximate surface area is 68.7 Å². The summed E-state index contributed by atoms with van der Waals surface area (Å²) in [7, 11) is 6.81. The molecule has 0 aliphatic carbocycles. The zero-order chi connectivity index (χ0) is 8.06. The average Bonchev–Trinajstić information content (AvgIpc) is 2.17. The van der Waals surface area contributed by atoms with Crippen molar-refractivity contribution < 1.29 is 4.48 Å². The molecule has 0 aromatic heterocycles. The Bertz CT molecular complexity index is 206. The van der Waals surface area contributed by atoms with Crippen LogP contribution >= 0.6 is 0 Å². The van der Waals surface area contributed by atoms with Gasteiger partial charge >= 0.3 is 0 Å². The lowest BCUT2D eigenvalue weighted by Crippen LogP contribution is -2.38. The summed E-state index contributed by atoms with van der Waals surface area (Å²) in [4.78, 5) is 2.32. The second-order valence-corrected chi connectivity index (χ2v) is 4.62. The number of hydrogen-bond donors (Lipinski definition) is 0. The van der Waals surface area contributed by atoms with Crippen LogP contribution in [0.3, 0.4) is 0 Å². The van der Waals surface area contributed by atoms with Crippen LogP contribution in [0, 0.1) is 5.92 Å². The molecular weight excluding hydrogens is 136 g/mol. The number of nitrogens with zero attached hydrogens (tertiary/aromatic N) is 2. The largest absolute Gasteiger partial charge is 0.379 e. The molecule has 1 saturated heterocycles. The van der Waals surface area contributed by atoms with Gasteiger partial charge in [-0.15, -0.1) is 0 Å². The molecule has 11 heavy (non-hydrogen) atoms. The van der Waals surface area contributed by atoms with Gasteiger partial charge in [0.25, 0.3) is 0 Å². The van der Waals surface area contributed by atoms with Crippen LogP contribution in [0.4, 0.5) is 0 Å². The molecule has 0 bridgehead atoms. The van der Waals surface area contributed by atoms with Gasteiger partial charge in [-0.05, 0) is 0 Å². The molecule has 2 nitrogen and oxygen atoms in total. The zero-order valence-corrected chi connectivity index (χ0v) is 7.67. The Hall–Kier alpha value is -0.500. The standard InChI is InChI=1S/C9H17N2/c1-10-4-8-6-11(2,3)7-9(8)5-10/h4,9H,5-7H2,1-3H3/q+1. The van der Waals surface area contributed by atoms with Crippen molar-refractivity contribution in [3.05, 3.63) is 11.8 Å². The van der Waals surface area contributed by atoms with Crippen LogP contribution in [0.5, 0.6) is 0 Å². The molecule has 0 aromatic carbocycles. The van der Waals surface area contributed by atoms with Crippen molar-refractivity contribution in [1.82, 2.24) is 4.90 Å². The summed E-state index contributed by atoms with van der Waals surface area (Å²) in [5.74, 6) is 0.856. The van der Waals surface area contributed by atoms with Gasteiger partial charge in [0.1, 0.15) is 6.54 Å². The van der Waals surface area contributed by atoms with Crippen molar-refractivity contribution in [2.45, 2.75) is 0 Å². The topological polar surface area (TPSA) is 3.24 Å². The molecule has 0 aromatic rings. The third-order valence-corrected chi connectivity index (χ3v) is 2.74. The van der Waals surface area contributed by atoms with Crippen LogP contribution in [0.15, 0.2) is 11.8 Å². The number of likely N-dealkylation sites (N-methyl/N-ethyl adjacent to an activating group) is 1. The Balaban J connectivity index is 2.17. The van der Waals surface area contributed by atoms with Gasteiger partial charge in [-0.1, -0.05) is 0 Å². The normalized spacial score (nSPS) is 33.9. The van der Waals surface area contributed by atoms with Gasteiger partial charge in [0, 0.05) is 25.4 Å². The maximum atomic E-state index is 2.33. The van der Waals surface area contributed by atoms with Gasteiger partial charge in [0.15, 0.2) is 0 Å². The third kappa shape index (κ3) is 1.16. The fourth-order valence-corrected chi connectivity index (χ4v) is 2.41. The summed E-state index contributed by atoms with van der Waals surface area (Å²) in [6.45, 7) is 3.84. The molecule has 2 aliphatic rings. The van der Waals surface area contributed by atoms with E-state index in [4.69, 9.17) is 0 Å². The highest BCUT2D eigenvalue weighted by Gasteiger charge is 2.38. The fraction of sp³-hybridized carbons (Fsp3) is 0.778. The average molecular weight is 153 g/mol. The van der Waals surface area contributed by atoms with Crippen molar-refractivity contribution in [2.24, 2.45) is 5.92 Å². The van der Waals surface area contributed by atoms with Crippen molar-refractivity contribution in [2.75, 3.05) is 40.8 Å². The van der Waals surface area contributed by atoms with Gasteiger partial charge < -0.3 is 9.38 Å². The molecule has 0 saturated carbocycles. The molecule has 2 aliphatic heterocycles. The fourth-order valence-electron chi connectivity index (χ4n) is 2.41. The number of hydrogen-bond acceptors (Lipinski definition) is 1. The lowest BCUT2D eigenvalue weighted by atomic mass is 10.1. The number of quaternary nitrogens is 1. The summed E-state index contributed by atoms with van der Waals surface area (Å²) >= 11 is 0. The predicted molar refractivity (Wildman–Crippen MR) is 46.0 cm³/mol. The van der Waals surface area contributed by atoms with E-state index in [-0.39, 0.29) is 0 Å². The van der Waals surface area contributed by atoms with E-state index < -0.39 is 0 Å². The molecular formula is C9H17N2+. The monoisotopic (exact) mass is 153 g/mol. The van der Waals surface area contributed by atoms with Crippen LogP contribution in [0.2, 0.25) is 0 Å². The van der Waals surface area contributed by atoms with Crippen LogP contribution in [0.1, 0.15) is 0 Å². The van der Waals surface area contributed by atoms with E-state index >= 15 is 0 Å². The van der Waals surface area contributed by atoms with Gasteiger partial charge in [0.05, 0.1) is 26.6 Å². The summed E-state index contributed by atoms with van der Waals surface area (Å²) < 4.78 is 1.18. The molecule has 2 rings (SSSR count). The van der Waals surface area contributed by atoms with Crippen molar-refractivity contribution >= 4 is 0 Å². The lowest BCUT2D eigenvalue weighted by Gasteiger charge is -2.24. The first kappa shape index (κ1) is 7.17. The summed E-state index contributed by atoms with van der Waals surface area (Å²) in [6.07, 6.45) is 2.33. The Kier molecular flexibility index (Phi) is 1.31. The molecule has 0 radical (unpaired) electrons. The van der Waals surface area contributed by atoms with E-state index in [1.807, 2.05) is 0 Å². The van der Waals surface area contributed by atoms with Crippen LogP contribution in [-0.2, 0) is 0 Å². The molecule has 0 N–H and O–H groups in total. The Morgan fingerprint density at radius 3 is 2.91 bits per heavy atom. The highest BCUT2D eigenvalue weighted by atomic mass is 15.3. The minimum absolute atomic E-state index is 0.856. The van der Waals surface area contributed by atoms with E-state index in [1.165, 1.54) is 24.1 Å². The minimum Gasteiger partial charge on any atom is -0.379 e. The molecule has 0 spiro atoms. The van der Waals surface area contributed by atoms with Crippen molar-refractivity contribution in [1.29, 1.82) is 0 Å². The quantitative estimate of drug-likeness (QED) is 0.459. The lowest BCUT2D eigenvalue weighted by molar-refractivity contribution is -0.877. The highest BCUT2D eigenvalue weighted by molar-refractivity contribution is 5.16. The first-order chi connectivity index (χ1) is 5.07. The number of fused-ring (bicyclic) bond motifs is 1. The van der Waals surface area contributed by atoms with Crippen LogP contribution in [-0.4, -0.2) is 50.2 Å². The molecule has 2 heterocycles. The van der Waals surface area contributed by atoms with Gasteiger partial charge in [0.2, 0.25) is 0 Å². The molecule has 1 unspecified atom stereocenters. The molecule has 2 heteroatoms. The van der Waals surface area contributed by atoms with Crippen LogP contribution < -0.4 is 0 Å². The first-order valence-corrected chi connectivity index (χ1v) is 4.30. The molecule has 1 atom stereocenters. The second-order valence-electron chi connectivity index (χ2n) is 4.62. The second kappa shape index (κ2) is 2.01. The maximum absolute atomic E-state index is 2.33. The van der Waals surface area contributed by atoms with E-state index in [0.717, 1.165) is 5.92 Å². The van der Waals surface area contributed by atoms with E-state index in [1.54, 1.807) is 5.57 Å². The maximum Gasteiger partial charge on any atom is 0.102 e. The van der Waals surface area contributed by atoms with Crippen molar-refractivity contribution in [3.63, 3.8) is 0 Å². The first-order valence-electron chi connectivity index (χ1n) is 4.30. The van der Waals surface area contributed by atoms with E-state index in [0.29, 0.717) is 0 Å². The number of likely N-dealkylation sites (tertiary alicyclic amines) is 1. The van der Waals surface area contributed by atoms with Gasteiger partial charge in [-0.2, -0.15) is 0 Å². The van der Waals surface area contributed by atoms with Gasteiger partial charge in [-0.25, -0.2) is 0 Å². The molecule has 62 valence electrons. The van der Waals surface area contributed by atoms with E-state index in [9.17, 15) is 0 Å². The SMILES string of the molecule is CN1C=C2C[N+](C)(C)CC2C1. The Morgan fingerprint density at radius 2 is 2.27 bits per heavy atom. The minimum atomic E-state index is 0.856. The molecule has 0 amide bonds. The summed E-state index contributed by atoms with van der Waals surface area (Å²) in [5.41, 5.74) is 1.66. The summed E-state index contributed by atoms with van der Waals surface area (Å²) in [6, 6.07) is 0. The van der Waals surface area contributed by atoms with E-state index in [2.05, 4.69) is 32.2 Å². The van der Waals surface area contributed by atoms with Gasteiger partial charge in [-0.3, -0.25) is 0 Å². The Morgan fingerprint density at radius 1 is 1.55 bits per heavy atom. The predicted octanol–water partition coefficient (Wildman–Crippen LogP) is 0.522. The smallest absolute Gasteiger partial charge is 0.102 e.